The van der Waals surface area contributed by atoms with Crippen molar-refractivity contribution in [3.05, 3.63) is 6.33 Å². The zero-order valence-corrected chi connectivity index (χ0v) is 7.82. The molecule has 0 amide bonds. The van der Waals surface area contributed by atoms with Crippen LogP contribution in [0.4, 0.5) is 5.82 Å². The lowest BCUT2D eigenvalue weighted by Crippen LogP contribution is -2.02. The highest BCUT2D eigenvalue weighted by atomic mass is 16.5. The van der Waals surface area contributed by atoms with E-state index in [9.17, 15) is 0 Å². The Morgan fingerprint density at radius 2 is 2.36 bits per heavy atom. The number of rotatable bonds is 3. The molecular weight excluding hydrogens is 182 g/mol. The van der Waals surface area contributed by atoms with E-state index in [0.29, 0.717) is 29.6 Å². The summed E-state index contributed by atoms with van der Waals surface area (Å²) in [6, 6.07) is 0.293. The third-order valence-corrected chi connectivity index (χ3v) is 1.72. The zero-order chi connectivity index (χ0) is 9.97. The van der Waals surface area contributed by atoms with Crippen LogP contribution in [-0.4, -0.2) is 26.5 Å². The predicted octanol–water partition coefficient (Wildman–Crippen LogP) is 0.724. The van der Waals surface area contributed by atoms with Crippen molar-refractivity contribution in [3.63, 3.8) is 0 Å². The summed E-state index contributed by atoms with van der Waals surface area (Å²) in [4.78, 5) is 14.9. The molecule has 0 fully saturated rings. The van der Waals surface area contributed by atoms with Gasteiger partial charge in [0.2, 0.25) is 0 Å². The van der Waals surface area contributed by atoms with Gasteiger partial charge >= 0.3 is 6.01 Å². The fourth-order valence-corrected chi connectivity index (χ4v) is 1.09. The number of nitrogens with zero attached hydrogens (tertiary/aromatic N) is 3. The molecule has 0 spiro atoms. The molecule has 14 heavy (non-hydrogen) atoms. The highest BCUT2D eigenvalue weighted by Crippen LogP contribution is 2.16. The molecule has 74 valence electrons. The van der Waals surface area contributed by atoms with Crippen LogP contribution in [0.5, 0.6) is 6.01 Å². The lowest BCUT2D eigenvalue weighted by Gasteiger charge is -2.02. The smallest absolute Gasteiger partial charge is 0.320 e. The van der Waals surface area contributed by atoms with Crippen molar-refractivity contribution in [1.29, 1.82) is 0 Å². The highest BCUT2D eigenvalue weighted by Gasteiger charge is 2.07. The van der Waals surface area contributed by atoms with Crippen LogP contribution in [0, 0.1) is 0 Å². The molecule has 0 aliphatic heterocycles. The van der Waals surface area contributed by atoms with E-state index < -0.39 is 0 Å². The molecule has 0 bridgehead atoms. The van der Waals surface area contributed by atoms with Crippen LogP contribution in [-0.2, 0) is 0 Å². The molecule has 0 radical (unpaired) electrons. The standard InChI is InChI=1S/C8H11N5O/c1-2-3-14-8-12-6(9)5-7(13-8)11-4-10-5/h4H,2-3H2,1H3,(H3,9,10,11,12,13). The number of fused-ring (bicyclic) bond motifs is 1. The minimum absolute atomic E-state index is 0.293. The Morgan fingerprint density at radius 1 is 1.50 bits per heavy atom. The Balaban J connectivity index is 2.38. The minimum Gasteiger partial charge on any atom is -0.463 e. The molecule has 2 aromatic heterocycles. The summed E-state index contributed by atoms with van der Waals surface area (Å²) in [5.74, 6) is 0.336. The maximum Gasteiger partial charge on any atom is 0.320 e. The summed E-state index contributed by atoms with van der Waals surface area (Å²) in [6.45, 7) is 2.59. The SMILES string of the molecule is CCCOc1nc(N)c2nc[nH]c2n1. The molecule has 0 aliphatic carbocycles. The summed E-state index contributed by atoms with van der Waals surface area (Å²) in [5.41, 5.74) is 6.84. The fourth-order valence-electron chi connectivity index (χ4n) is 1.09. The average molecular weight is 193 g/mol. The maximum absolute atomic E-state index is 5.66. The van der Waals surface area contributed by atoms with Gasteiger partial charge in [0.25, 0.3) is 0 Å². The van der Waals surface area contributed by atoms with Crippen LogP contribution in [0.1, 0.15) is 13.3 Å². The fraction of sp³-hybridized carbons (Fsp3) is 0.375. The van der Waals surface area contributed by atoms with Gasteiger partial charge in [0, 0.05) is 0 Å². The van der Waals surface area contributed by atoms with Gasteiger partial charge in [-0.25, -0.2) is 4.98 Å². The average Bonchev–Trinajstić information content (AvgIpc) is 2.63. The van der Waals surface area contributed by atoms with Gasteiger partial charge in [-0.05, 0) is 6.42 Å². The molecule has 2 rings (SSSR count). The molecule has 0 atom stereocenters. The van der Waals surface area contributed by atoms with Crippen LogP contribution in [0.2, 0.25) is 0 Å². The van der Waals surface area contributed by atoms with Crippen molar-refractivity contribution < 1.29 is 4.74 Å². The lowest BCUT2D eigenvalue weighted by molar-refractivity contribution is 0.294. The number of nitrogens with one attached hydrogen (secondary N) is 1. The maximum atomic E-state index is 5.66. The number of nitrogen functional groups attached to an aromatic ring is 1. The number of nitrogens with two attached hydrogens (primary N) is 1. The summed E-state index contributed by atoms with van der Waals surface area (Å²) >= 11 is 0. The van der Waals surface area contributed by atoms with E-state index in [0.717, 1.165) is 6.42 Å². The Labute approximate surface area is 80.5 Å². The van der Waals surface area contributed by atoms with Crippen LogP contribution in [0.25, 0.3) is 11.2 Å². The van der Waals surface area contributed by atoms with E-state index >= 15 is 0 Å². The zero-order valence-electron chi connectivity index (χ0n) is 7.82. The number of ether oxygens (including phenoxy) is 1. The number of hydrogen-bond donors (Lipinski definition) is 2. The van der Waals surface area contributed by atoms with E-state index in [1.165, 1.54) is 6.33 Å². The van der Waals surface area contributed by atoms with E-state index in [1.807, 2.05) is 6.92 Å². The topological polar surface area (TPSA) is 89.7 Å². The van der Waals surface area contributed by atoms with Gasteiger partial charge in [0.15, 0.2) is 11.5 Å². The summed E-state index contributed by atoms with van der Waals surface area (Å²) < 4.78 is 5.26. The Hall–Kier alpha value is -1.85. The van der Waals surface area contributed by atoms with Crippen molar-refractivity contribution in [2.45, 2.75) is 13.3 Å². The molecule has 6 heteroatoms. The van der Waals surface area contributed by atoms with Crippen LogP contribution >= 0.6 is 0 Å². The van der Waals surface area contributed by atoms with Gasteiger partial charge in [-0.2, -0.15) is 9.97 Å². The van der Waals surface area contributed by atoms with Crippen molar-refractivity contribution >= 4 is 17.0 Å². The normalized spacial score (nSPS) is 10.6. The quantitative estimate of drug-likeness (QED) is 0.749. The molecule has 0 saturated carbocycles. The predicted molar refractivity (Wildman–Crippen MR) is 51.9 cm³/mol. The second-order valence-electron chi connectivity index (χ2n) is 2.84. The first-order valence-electron chi connectivity index (χ1n) is 4.40. The molecular formula is C8H11N5O. The summed E-state index contributed by atoms with van der Waals surface area (Å²) in [6.07, 6.45) is 2.43. The molecule has 2 aromatic rings. The number of hydrogen-bond acceptors (Lipinski definition) is 5. The number of H-pyrrole nitrogens is 1. The molecule has 2 heterocycles. The van der Waals surface area contributed by atoms with Gasteiger partial charge < -0.3 is 15.5 Å². The minimum atomic E-state index is 0.293. The first-order chi connectivity index (χ1) is 6.81. The number of aromatic amines is 1. The van der Waals surface area contributed by atoms with Crippen molar-refractivity contribution in [2.75, 3.05) is 12.3 Å². The molecule has 0 unspecified atom stereocenters. The molecule has 6 nitrogen and oxygen atoms in total. The van der Waals surface area contributed by atoms with Gasteiger partial charge in [-0.3, -0.25) is 0 Å². The van der Waals surface area contributed by atoms with E-state index in [4.69, 9.17) is 10.5 Å². The Morgan fingerprint density at radius 3 is 3.14 bits per heavy atom. The third-order valence-electron chi connectivity index (χ3n) is 1.72. The molecule has 0 aliphatic rings. The van der Waals surface area contributed by atoms with Crippen LogP contribution < -0.4 is 10.5 Å². The lowest BCUT2D eigenvalue weighted by atomic mass is 10.5. The highest BCUT2D eigenvalue weighted by molar-refractivity contribution is 5.81. The van der Waals surface area contributed by atoms with Gasteiger partial charge in [-0.15, -0.1) is 0 Å². The van der Waals surface area contributed by atoms with Gasteiger partial charge in [-0.1, -0.05) is 6.92 Å². The summed E-state index contributed by atoms with van der Waals surface area (Å²) in [7, 11) is 0. The van der Waals surface area contributed by atoms with Crippen LogP contribution in [0.15, 0.2) is 6.33 Å². The monoisotopic (exact) mass is 193 g/mol. The van der Waals surface area contributed by atoms with Crippen LogP contribution in [0.3, 0.4) is 0 Å². The Kier molecular flexibility index (Phi) is 2.18. The molecule has 3 N–H and O–H groups in total. The number of anilines is 1. The number of imidazole rings is 1. The van der Waals surface area contributed by atoms with Gasteiger partial charge in [0.1, 0.15) is 5.52 Å². The third kappa shape index (κ3) is 1.46. The van der Waals surface area contributed by atoms with Crippen molar-refractivity contribution in [2.24, 2.45) is 0 Å². The number of aromatic nitrogens is 4. The Bertz CT molecular complexity index is 438. The van der Waals surface area contributed by atoms with Crippen molar-refractivity contribution in [3.8, 4) is 6.01 Å². The molecule has 0 aromatic carbocycles. The first-order valence-corrected chi connectivity index (χ1v) is 4.40. The molecule has 0 saturated heterocycles. The van der Waals surface area contributed by atoms with E-state index in [2.05, 4.69) is 19.9 Å². The summed E-state index contributed by atoms with van der Waals surface area (Å²) in [5, 5.41) is 0. The van der Waals surface area contributed by atoms with Gasteiger partial charge in [0.05, 0.1) is 12.9 Å². The largest absolute Gasteiger partial charge is 0.463 e. The first kappa shape index (κ1) is 8.74. The van der Waals surface area contributed by atoms with E-state index in [1.54, 1.807) is 0 Å². The van der Waals surface area contributed by atoms with Crippen molar-refractivity contribution in [1.82, 2.24) is 19.9 Å². The second-order valence-corrected chi connectivity index (χ2v) is 2.84. The van der Waals surface area contributed by atoms with E-state index in [-0.39, 0.29) is 0 Å². The second kappa shape index (κ2) is 3.49.